The number of fused-ring (bicyclic) bond motifs is 3. The highest BCUT2D eigenvalue weighted by Gasteiger charge is 2.53. The predicted octanol–water partition coefficient (Wildman–Crippen LogP) is 2.92. The highest BCUT2D eigenvalue weighted by Crippen LogP contribution is 2.50. The maximum Gasteiger partial charge on any atom is 0.140 e. The number of nitrogens with zero attached hydrogens (tertiary/aromatic N) is 4. The Morgan fingerprint density at radius 1 is 1.11 bits per heavy atom. The molecule has 0 aliphatic carbocycles. The third kappa shape index (κ3) is 1.43. The van der Waals surface area contributed by atoms with Gasteiger partial charge in [0, 0.05) is 12.2 Å². The molecule has 0 N–H and O–H groups in total. The first-order valence-corrected chi connectivity index (χ1v) is 6.90. The number of hydrogen-bond donors (Lipinski definition) is 0. The summed E-state index contributed by atoms with van der Waals surface area (Å²) in [4.78, 5) is 11.6. The van der Waals surface area contributed by atoms with Crippen molar-refractivity contribution in [3.8, 4) is 0 Å². The Morgan fingerprint density at radius 2 is 1.79 bits per heavy atom. The third-order valence-electron chi connectivity index (χ3n) is 4.31. The van der Waals surface area contributed by atoms with E-state index in [1.165, 1.54) is 11.4 Å². The molecule has 0 atom stereocenters. The molecule has 4 nitrogen and oxygen atoms in total. The molecule has 2 aromatic rings. The Kier molecular flexibility index (Phi) is 2.37. The molecule has 0 radical (unpaired) electrons. The van der Waals surface area contributed by atoms with Crippen molar-refractivity contribution >= 4 is 5.65 Å². The average molecular weight is 258 g/mol. The molecule has 0 spiro atoms. The van der Waals surface area contributed by atoms with Gasteiger partial charge in [-0.3, -0.25) is 9.30 Å². The zero-order valence-electron chi connectivity index (χ0n) is 12.6. The molecule has 0 aromatic carbocycles. The number of hydrogen-bond acceptors (Lipinski definition) is 3. The fourth-order valence-corrected chi connectivity index (χ4v) is 4.13. The van der Waals surface area contributed by atoms with E-state index in [1.807, 2.05) is 12.4 Å². The van der Waals surface area contributed by atoms with Crippen molar-refractivity contribution in [3.63, 3.8) is 0 Å². The van der Waals surface area contributed by atoms with Crippen LogP contribution in [0.15, 0.2) is 18.6 Å². The predicted molar refractivity (Wildman–Crippen MR) is 76.0 cm³/mol. The van der Waals surface area contributed by atoms with Gasteiger partial charge in [0.1, 0.15) is 12.0 Å². The summed E-state index contributed by atoms with van der Waals surface area (Å²) in [5, 5.41) is 0. The second-order valence-electron chi connectivity index (χ2n) is 6.70. The van der Waals surface area contributed by atoms with Gasteiger partial charge in [0.15, 0.2) is 0 Å². The highest BCUT2D eigenvalue weighted by molar-refractivity contribution is 5.48. The molecule has 0 unspecified atom stereocenters. The van der Waals surface area contributed by atoms with Crippen molar-refractivity contribution in [1.29, 1.82) is 0 Å². The Morgan fingerprint density at radius 3 is 2.42 bits per heavy atom. The van der Waals surface area contributed by atoms with E-state index in [0.29, 0.717) is 6.04 Å². The van der Waals surface area contributed by atoms with Gasteiger partial charge in [-0.2, -0.15) is 0 Å². The van der Waals surface area contributed by atoms with Crippen LogP contribution in [-0.2, 0) is 11.1 Å². The fraction of sp³-hybridized carbons (Fsp3) is 0.600. The molecule has 1 aliphatic heterocycles. The first kappa shape index (κ1) is 12.6. The molecule has 4 heteroatoms. The Hall–Kier alpha value is -1.42. The van der Waals surface area contributed by atoms with E-state index in [9.17, 15) is 0 Å². The van der Waals surface area contributed by atoms with Crippen LogP contribution in [0.1, 0.15) is 52.9 Å². The molecule has 0 saturated carbocycles. The van der Waals surface area contributed by atoms with Gasteiger partial charge in [0.05, 0.1) is 22.5 Å². The lowest BCUT2D eigenvalue weighted by molar-refractivity contribution is 0.00498. The summed E-state index contributed by atoms with van der Waals surface area (Å²) in [6.45, 7) is 13.6. The molecule has 0 amide bonds. The standard InChI is InChI=1S/C15H22N4/c1-10(2)19-14(3,4)12-13(15(19,5)6)18-9-16-8-7-11(18)17-12/h7-10H,1-6H3. The molecule has 0 fully saturated rings. The van der Waals surface area contributed by atoms with Crippen LogP contribution in [0, 0.1) is 0 Å². The smallest absolute Gasteiger partial charge is 0.140 e. The summed E-state index contributed by atoms with van der Waals surface area (Å²) in [5.74, 6) is 0. The van der Waals surface area contributed by atoms with Gasteiger partial charge in [-0.05, 0) is 47.6 Å². The lowest BCUT2D eigenvalue weighted by Crippen LogP contribution is -2.50. The summed E-state index contributed by atoms with van der Waals surface area (Å²) in [6, 6.07) is 2.44. The van der Waals surface area contributed by atoms with Crippen molar-refractivity contribution < 1.29 is 0 Å². The highest BCUT2D eigenvalue weighted by atomic mass is 15.3. The molecule has 2 aromatic heterocycles. The fourth-order valence-electron chi connectivity index (χ4n) is 4.13. The topological polar surface area (TPSA) is 33.4 Å². The van der Waals surface area contributed by atoms with E-state index < -0.39 is 0 Å². The number of imidazole rings is 1. The minimum Gasteiger partial charge on any atom is -0.285 e. The van der Waals surface area contributed by atoms with Crippen molar-refractivity contribution in [2.75, 3.05) is 0 Å². The molecule has 3 rings (SSSR count). The first-order valence-electron chi connectivity index (χ1n) is 6.90. The second-order valence-corrected chi connectivity index (χ2v) is 6.70. The van der Waals surface area contributed by atoms with E-state index in [4.69, 9.17) is 4.98 Å². The van der Waals surface area contributed by atoms with Gasteiger partial charge >= 0.3 is 0 Å². The van der Waals surface area contributed by atoms with Crippen LogP contribution >= 0.6 is 0 Å². The zero-order valence-corrected chi connectivity index (χ0v) is 12.6. The molecule has 19 heavy (non-hydrogen) atoms. The van der Waals surface area contributed by atoms with E-state index in [2.05, 4.69) is 55.8 Å². The van der Waals surface area contributed by atoms with Crippen LogP contribution in [0.4, 0.5) is 0 Å². The van der Waals surface area contributed by atoms with E-state index in [-0.39, 0.29) is 11.1 Å². The molecule has 3 heterocycles. The zero-order chi connectivity index (χ0) is 14.0. The van der Waals surface area contributed by atoms with Gasteiger partial charge < -0.3 is 0 Å². The maximum atomic E-state index is 4.86. The summed E-state index contributed by atoms with van der Waals surface area (Å²) < 4.78 is 2.14. The Labute approximate surface area is 114 Å². The summed E-state index contributed by atoms with van der Waals surface area (Å²) in [7, 11) is 0. The molecule has 0 bridgehead atoms. The quantitative estimate of drug-likeness (QED) is 0.788. The average Bonchev–Trinajstić information content (AvgIpc) is 2.73. The van der Waals surface area contributed by atoms with Gasteiger partial charge in [0.25, 0.3) is 0 Å². The van der Waals surface area contributed by atoms with Gasteiger partial charge in [-0.1, -0.05) is 0 Å². The minimum absolute atomic E-state index is 0.0462. The van der Waals surface area contributed by atoms with Crippen molar-refractivity contribution in [2.45, 2.75) is 58.7 Å². The van der Waals surface area contributed by atoms with Crippen molar-refractivity contribution in [2.24, 2.45) is 0 Å². The van der Waals surface area contributed by atoms with Gasteiger partial charge in [-0.15, -0.1) is 0 Å². The Bertz CT molecular complexity index is 637. The van der Waals surface area contributed by atoms with Crippen LogP contribution in [0.2, 0.25) is 0 Å². The van der Waals surface area contributed by atoms with Gasteiger partial charge in [0.2, 0.25) is 0 Å². The Balaban J connectivity index is 2.36. The van der Waals surface area contributed by atoms with Crippen LogP contribution in [0.25, 0.3) is 5.65 Å². The molecule has 1 aliphatic rings. The van der Waals surface area contributed by atoms with Gasteiger partial charge in [-0.25, -0.2) is 9.97 Å². The van der Waals surface area contributed by atoms with E-state index in [0.717, 1.165) is 5.65 Å². The largest absolute Gasteiger partial charge is 0.285 e. The summed E-state index contributed by atoms with van der Waals surface area (Å²) in [5.41, 5.74) is 3.34. The van der Waals surface area contributed by atoms with Crippen LogP contribution in [0.3, 0.4) is 0 Å². The monoisotopic (exact) mass is 258 g/mol. The summed E-state index contributed by atoms with van der Waals surface area (Å²) >= 11 is 0. The minimum atomic E-state index is -0.0565. The van der Waals surface area contributed by atoms with Crippen LogP contribution in [0.5, 0.6) is 0 Å². The molecular formula is C15H22N4. The van der Waals surface area contributed by atoms with Crippen molar-refractivity contribution in [3.05, 3.63) is 30.0 Å². The SMILES string of the molecule is CC(C)N1C(C)(C)c2nc3ccncn3c2C1(C)C. The molecule has 102 valence electrons. The van der Waals surface area contributed by atoms with Crippen LogP contribution < -0.4 is 0 Å². The molecular weight excluding hydrogens is 236 g/mol. The first-order chi connectivity index (χ1) is 8.78. The van der Waals surface area contributed by atoms with Crippen LogP contribution in [-0.4, -0.2) is 25.3 Å². The van der Waals surface area contributed by atoms with Crippen molar-refractivity contribution in [1.82, 2.24) is 19.3 Å². The third-order valence-corrected chi connectivity index (χ3v) is 4.31. The summed E-state index contributed by atoms with van der Waals surface area (Å²) in [6.07, 6.45) is 3.68. The van der Waals surface area contributed by atoms with E-state index >= 15 is 0 Å². The number of rotatable bonds is 1. The lowest BCUT2D eigenvalue weighted by Gasteiger charge is -2.43. The number of aromatic nitrogens is 3. The second kappa shape index (κ2) is 3.57. The normalized spacial score (nSPS) is 21.2. The maximum absolute atomic E-state index is 4.86. The lowest BCUT2D eigenvalue weighted by atomic mass is 9.99. The molecule has 0 saturated heterocycles. The van der Waals surface area contributed by atoms with E-state index in [1.54, 1.807) is 6.20 Å².